The summed E-state index contributed by atoms with van der Waals surface area (Å²) in [4.78, 5) is 59.4. The molecule has 8 rings (SSSR count). The van der Waals surface area contributed by atoms with Gasteiger partial charge in [0.2, 0.25) is 23.6 Å². The molecule has 7 nitrogen and oxygen atoms in total. The number of carbonyl (C=O) groups is 4. The minimum absolute atomic E-state index is 0.00499. The third-order valence-corrected chi connectivity index (χ3v) is 11.8. The van der Waals surface area contributed by atoms with Gasteiger partial charge in [0.1, 0.15) is 11.6 Å². The van der Waals surface area contributed by atoms with Crippen LogP contribution in [0.1, 0.15) is 31.2 Å². The van der Waals surface area contributed by atoms with Gasteiger partial charge in [0.15, 0.2) is 0 Å². The van der Waals surface area contributed by atoms with Crippen molar-refractivity contribution in [2.45, 2.75) is 25.7 Å². The Morgan fingerprint density at radius 3 is 2.34 bits per heavy atom. The first kappa shape index (κ1) is 30.3. The van der Waals surface area contributed by atoms with Crippen molar-refractivity contribution in [3.63, 3.8) is 0 Å². The predicted molar refractivity (Wildman–Crippen MR) is 183 cm³/mol. The number of fused-ring (bicyclic) bond motifs is 5. The van der Waals surface area contributed by atoms with Crippen LogP contribution in [0, 0.1) is 38.5 Å². The summed E-state index contributed by atoms with van der Waals surface area (Å²) in [5.74, 6) is -5.87. The lowest BCUT2D eigenvalue weighted by Gasteiger charge is -2.49. The van der Waals surface area contributed by atoms with Gasteiger partial charge in [-0.1, -0.05) is 59.6 Å². The van der Waals surface area contributed by atoms with Gasteiger partial charge >= 0.3 is 0 Å². The largest absolute Gasteiger partial charge is 0.507 e. The first-order valence-electron chi connectivity index (χ1n) is 15.4. The van der Waals surface area contributed by atoms with Gasteiger partial charge in [-0.2, -0.15) is 0 Å². The number of phenols is 1. The fraction of sp³-hybridized carbons (Fsp3) is 0.243. The van der Waals surface area contributed by atoms with Crippen molar-refractivity contribution in [2.75, 3.05) is 9.80 Å². The summed E-state index contributed by atoms with van der Waals surface area (Å²) in [6.45, 7) is 1.74. The second-order valence-electron chi connectivity index (χ2n) is 13.0. The number of benzene rings is 4. The first-order valence-corrected chi connectivity index (χ1v) is 16.9. The van der Waals surface area contributed by atoms with Crippen molar-refractivity contribution in [3.05, 3.63) is 110 Å². The summed E-state index contributed by atoms with van der Waals surface area (Å²) in [6, 6.07) is 21.9. The predicted octanol–water partition coefficient (Wildman–Crippen LogP) is 7.38. The molecule has 4 aromatic rings. The van der Waals surface area contributed by atoms with Crippen LogP contribution in [0.3, 0.4) is 0 Å². The van der Waals surface area contributed by atoms with E-state index in [1.807, 2.05) is 42.5 Å². The molecule has 3 fully saturated rings. The van der Waals surface area contributed by atoms with Gasteiger partial charge in [0, 0.05) is 20.4 Å². The number of phenolic OH excluding ortho intramolecular Hbond substituents is 1. The standard InChI is InChI=1S/C37H27ClFIN2O5/c1-37-27(34(45)42(36(37)47)21-11-15-29(39)28(38)16-21)17-26-23(31(37)25-12-6-18-4-2-3-5-22(18)32(25)43)13-14-24-30(26)35(46)41(33(24)44)20-9-7-19(40)8-10-20/h2-13,15-16,24,26-27,30-31,43H,14,17H2,1H3/t24-,26+,27-,30-,31+,37+/m0/s1. The van der Waals surface area contributed by atoms with Crippen LogP contribution in [0.15, 0.2) is 90.5 Å². The number of anilines is 2. The summed E-state index contributed by atoms with van der Waals surface area (Å²) in [5.41, 5.74) is 0.509. The number of hydrogen-bond donors (Lipinski definition) is 1. The normalized spacial score (nSPS) is 28.4. The molecular formula is C37H27ClFIN2O5. The highest BCUT2D eigenvalue weighted by Crippen LogP contribution is 2.64. The Hall–Kier alpha value is -4.09. The Morgan fingerprint density at radius 2 is 1.60 bits per heavy atom. The van der Waals surface area contributed by atoms with Crippen molar-refractivity contribution < 1.29 is 28.7 Å². The molecule has 0 spiro atoms. The van der Waals surface area contributed by atoms with E-state index in [2.05, 4.69) is 22.6 Å². The zero-order chi connectivity index (χ0) is 32.9. The van der Waals surface area contributed by atoms with E-state index < -0.39 is 52.6 Å². The van der Waals surface area contributed by atoms with Gasteiger partial charge in [-0.15, -0.1) is 0 Å². The summed E-state index contributed by atoms with van der Waals surface area (Å²) in [5, 5.41) is 13.0. The van der Waals surface area contributed by atoms with Gasteiger partial charge < -0.3 is 5.11 Å². The molecule has 1 saturated carbocycles. The highest BCUT2D eigenvalue weighted by atomic mass is 127. The Kier molecular flexibility index (Phi) is 6.90. The third kappa shape index (κ3) is 4.21. The summed E-state index contributed by atoms with van der Waals surface area (Å²) < 4.78 is 15.1. The van der Waals surface area contributed by atoms with Crippen molar-refractivity contribution in [2.24, 2.45) is 29.1 Å². The monoisotopic (exact) mass is 760 g/mol. The van der Waals surface area contributed by atoms with Gasteiger partial charge in [-0.3, -0.25) is 24.1 Å². The van der Waals surface area contributed by atoms with Crippen LogP contribution in [-0.2, 0) is 19.2 Å². The number of imide groups is 2. The Labute approximate surface area is 288 Å². The molecule has 4 aromatic carbocycles. The van der Waals surface area contributed by atoms with E-state index in [0.29, 0.717) is 16.6 Å². The number of nitrogens with zero attached hydrogens (tertiary/aromatic N) is 2. The van der Waals surface area contributed by atoms with E-state index in [-0.39, 0.29) is 41.1 Å². The molecule has 4 amide bonds. The number of aromatic hydroxyl groups is 1. The molecule has 47 heavy (non-hydrogen) atoms. The van der Waals surface area contributed by atoms with Crippen molar-refractivity contribution in [1.82, 2.24) is 0 Å². The van der Waals surface area contributed by atoms with Crippen LogP contribution >= 0.6 is 34.2 Å². The number of hydrogen-bond acceptors (Lipinski definition) is 5. The molecule has 0 aromatic heterocycles. The first-order chi connectivity index (χ1) is 22.5. The zero-order valence-corrected chi connectivity index (χ0v) is 27.9. The van der Waals surface area contributed by atoms with Crippen LogP contribution in [0.4, 0.5) is 15.8 Å². The van der Waals surface area contributed by atoms with E-state index in [0.717, 1.165) is 25.5 Å². The lowest BCUT2D eigenvalue weighted by molar-refractivity contribution is -0.131. The molecule has 0 unspecified atom stereocenters. The Morgan fingerprint density at radius 1 is 0.872 bits per heavy atom. The molecule has 2 aliphatic carbocycles. The molecule has 4 aliphatic rings. The van der Waals surface area contributed by atoms with Gasteiger partial charge in [0.25, 0.3) is 0 Å². The SMILES string of the molecule is C[C@@]12C(=O)N(c3ccc(F)c(Cl)c3)C(=O)[C@@H]1C[C@@H]1C(=CC[C@@H]3C(=O)N(c4ccc(I)cc4)C(=O)[C@@H]31)[C@@H]2c1ccc2ccccc2c1O. The second-order valence-corrected chi connectivity index (χ2v) is 14.6. The highest BCUT2D eigenvalue weighted by Gasteiger charge is 2.68. The average Bonchev–Trinajstić information content (AvgIpc) is 3.43. The molecular weight excluding hydrogens is 734 g/mol. The van der Waals surface area contributed by atoms with Gasteiger partial charge in [0.05, 0.1) is 39.6 Å². The molecule has 6 atom stereocenters. The Balaban J connectivity index is 1.30. The number of rotatable bonds is 3. The lowest BCUT2D eigenvalue weighted by Crippen LogP contribution is -2.48. The lowest BCUT2D eigenvalue weighted by atomic mass is 9.51. The van der Waals surface area contributed by atoms with Crippen LogP contribution in [0.5, 0.6) is 5.75 Å². The summed E-state index contributed by atoms with van der Waals surface area (Å²) in [7, 11) is 0. The van der Waals surface area contributed by atoms with Crippen molar-refractivity contribution in [1.29, 1.82) is 0 Å². The topological polar surface area (TPSA) is 95.0 Å². The fourth-order valence-corrected chi connectivity index (χ4v) is 9.11. The van der Waals surface area contributed by atoms with E-state index in [9.17, 15) is 28.7 Å². The number of allylic oxidation sites excluding steroid dienone is 2. The molecule has 236 valence electrons. The second kappa shape index (κ2) is 10.7. The molecule has 0 bridgehead atoms. The van der Waals surface area contributed by atoms with E-state index >= 15 is 0 Å². The van der Waals surface area contributed by atoms with E-state index in [1.54, 1.807) is 31.2 Å². The third-order valence-electron chi connectivity index (χ3n) is 10.8. The minimum atomic E-state index is -1.37. The van der Waals surface area contributed by atoms with Crippen LogP contribution in [-0.4, -0.2) is 28.7 Å². The molecule has 2 aliphatic heterocycles. The van der Waals surface area contributed by atoms with Crippen molar-refractivity contribution >= 4 is 80.0 Å². The summed E-state index contributed by atoms with van der Waals surface area (Å²) in [6.07, 6.45) is 2.39. The molecule has 10 heteroatoms. The zero-order valence-electron chi connectivity index (χ0n) is 25.0. The van der Waals surface area contributed by atoms with Crippen LogP contribution in [0.2, 0.25) is 5.02 Å². The maximum atomic E-state index is 14.6. The molecule has 2 heterocycles. The molecule has 1 N–H and O–H groups in total. The number of carbonyl (C=O) groups excluding carboxylic acids is 4. The number of halogens is 3. The van der Waals surface area contributed by atoms with Crippen LogP contribution < -0.4 is 9.80 Å². The van der Waals surface area contributed by atoms with Crippen molar-refractivity contribution in [3.8, 4) is 5.75 Å². The van der Waals surface area contributed by atoms with Gasteiger partial charge in [-0.25, -0.2) is 9.29 Å². The molecule has 2 saturated heterocycles. The maximum absolute atomic E-state index is 14.6. The van der Waals surface area contributed by atoms with E-state index in [4.69, 9.17) is 11.6 Å². The Bertz CT molecular complexity index is 2100. The maximum Gasteiger partial charge on any atom is 0.241 e. The van der Waals surface area contributed by atoms with E-state index in [1.165, 1.54) is 17.0 Å². The summed E-state index contributed by atoms with van der Waals surface area (Å²) >= 11 is 8.26. The van der Waals surface area contributed by atoms with Gasteiger partial charge in [-0.05, 0) is 96.1 Å². The van der Waals surface area contributed by atoms with Crippen LogP contribution in [0.25, 0.3) is 10.8 Å². The molecule has 0 radical (unpaired) electrons. The average molecular weight is 761 g/mol. The fourth-order valence-electron chi connectivity index (χ4n) is 8.58. The quantitative estimate of drug-likeness (QED) is 0.134. The number of amides is 4. The smallest absolute Gasteiger partial charge is 0.241 e. The highest BCUT2D eigenvalue weighted by molar-refractivity contribution is 14.1. The minimum Gasteiger partial charge on any atom is -0.507 e.